The summed E-state index contributed by atoms with van der Waals surface area (Å²) in [5, 5.41) is -0.286. The van der Waals surface area contributed by atoms with E-state index in [1.807, 2.05) is 6.07 Å². The molecule has 0 heterocycles. The van der Waals surface area contributed by atoms with Crippen LogP contribution in [0.3, 0.4) is 0 Å². The molecule has 0 aromatic heterocycles. The Kier molecular flexibility index (Phi) is 4.40. The monoisotopic (exact) mass is 347 g/mol. The molecule has 0 radical (unpaired) electrons. The number of hydrogen-bond donors (Lipinski definition) is 1. The second-order valence-corrected chi connectivity index (χ2v) is 8.23. The number of halogens is 1. The van der Waals surface area contributed by atoms with Crippen molar-refractivity contribution in [2.24, 2.45) is 0 Å². The van der Waals surface area contributed by atoms with Gasteiger partial charge >= 0.3 is 0 Å². The average Bonchev–Trinajstić information content (AvgIpc) is 2.33. The Morgan fingerprint density at radius 3 is 2.79 bits per heavy atom. The van der Waals surface area contributed by atoms with Crippen molar-refractivity contribution in [1.29, 1.82) is 0 Å². The molecule has 1 aliphatic rings. The van der Waals surface area contributed by atoms with Gasteiger partial charge in [0.05, 0.1) is 9.72 Å². The quantitative estimate of drug-likeness (QED) is 0.853. The van der Waals surface area contributed by atoms with Gasteiger partial charge < -0.3 is 10.5 Å². The maximum Gasteiger partial charge on any atom is 0.150 e. The lowest BCUT2D eigenvalue weighted by atomic mass is 9.97. The predicted molar refractivity (Wildman–Crippen MR) is 80.1 cm³/mol. The van der Waals surface area contributed by atoms with E-state index in [-0.39, 0.29) is 11.4 Å². The standard InChI is InChI=1S/C13H18BrNO3S/c1-19(16,17)11-4-2-3-10(8-11)18-13-7-9(15)5-6-12(13)14/h5-7,10-11H,2-4,8,15H2,1H3. The zero-order chi connectivity index (χ0) is 14.0. The van der Waals surface area contributed by atoms with E-state index in [4.69, 9.17) is 10.5 Å². The molecule has 2 unspecified atom stereocenters. The summed E-state index contributed by atoms with van der Waals surface area (Å²) in [6.45, 7) is 0. The van der Waals surface area contributed by atoms with Gasteiger partial charge in [-0.15, -0.1) is 0 Å². The molecule has 2 atom stereocenters. The molecule has 0 bridgehead atoms. The van der Waals surface area contributed by atoms with E-state index in [2.05, 4.69) is 15.9 Å². The summed E-state index contributed by atoms with van der Waals surface area (Å²) >= 11 is 3.41. The van der Waals surface area contributed by atoms with Crippen LogP contribution in [0.4, 0.5) is 5.69 Å². The highest BCUT2D eigenvalue weighted by Gasteiger charge is 2.30. The van der Waals surface area contributed by atoms with Crippen LogP contribution in [-0.2, 0) is 9.84 Å². The Labute approximate surface area is 122 Å². The molecule has 2 rings (SSSR count). The van der Waals surface area contributed by atoms with Gasteiger partial charge in [0.2, 0.25) is 0 Å². The predicted octanol–water partition coefficient (Wildman–Crippen LogP) is 2.77. The van der Waals surface area contributed by atoms with Crippen LogP contribution in [0.2, 0.25) is 0 Å². The molecule has 0 amide bonds. The van der Waals surface area contributed by atoms with Gasteiger partial charge in [-0.2, -0.15) is 0 Å². The van der Waals surface area contributed by atoms with Crippen molar-refractivity contribution in [1.82, 2.24) is 0 Å². The summed E-state index contributed by atoms with van der Waals surface area (Å²) in [5.74, 6) is 0.680. The normalized spacial score (nSPS) is 24.1. The molecule has 2 N–H and O–H groups in total. The molecule has 1 fully saturated rings. The lowest BCUT2D eigenvalue weighted by Crippen LogP contribution is -2.33. The lowest BCUT2D eigenvalue weighted by Gasteiger charge is -2.28. The van der Waals surface area contributed by atoms with Crippen LogP contribution in [0.15, 0.2) is 22.7 Å². The number of nitrogens with two attached hydrogens (primary N) is 1. The molecule has 106 valence electrons. The molecule has 1 aromatic carbocycles. The van der Waals surface area contributed by atoms with Crippen molar-refractivity contribution in [2.45, 2.75) is 37.0 Å². The number of benzene rings is 1. The minimum atomic E-state index is -2.99. The van der Waals surface area contributed by atoms with Crippen molar-refractivity contribution >= 4 is 31.5 Å². The third-order valence-corrected chi connectivity index (χ3v) is 5.73. The van der Waals surface area contributed by atoms with Gasteiger partial charge in [-0.1, -0.05) is 0 Å². The van der Waals surface area contributed by atoms with Crippen LogP contribution >= 0.6 is 15.9 Å². The third kappa shape index (κ3) is 3.86. The van der Waals surface area contributed by atoms with Crippen molar-refractivity contribution in [3.63, 3.8) is 0 Å². The Morgan fingerprint density at radius 2 is 2.11 bits per heavy atom. The molecule has 0 spiro atoms. The van der Waals surface area contributed by atoms with Crippen LogP contribution in [-0.4, -0.2) is 26.0 Å². The highest BCUT2D eigenvalue weighted by molar-refractivity contribution is 9.10. The van der Waals surface area contributed by atoms with E-state index in [9.17, 15) is 8.42 Å². The number of anilines is 1. The topological polar surface area (TPSA) is 69.4 Å². The van der Waals surface area contributed by atoms with Crippen LogP contribution in [0.1, 0.15) is 25.7 Å². The Balaban J connectivity index is 2.09. The maximum atomic E-state index is 11.6. The molecule has 0 saturated heterocycles. The Bertz CT molecular complexity index is 559. The fourth-order valence-electron chi connectivity index (χ4n) is 2.39. The molecule has 6 heteroatoms. The molecule has 1 aromatic rings. The summed E-state index contributed by atoms with van der Waals surface area (Å²) < 4.78 is 30.0. The van der Waals surface area contributed by atoms with Gasteiger partial charge in [0.1, 0.15) is 21.7 Å². The largest absolute Gasteiger partial charge is 0.489 e. The summed E-state index contributed by atoms with van der Waals surface area (Å²) in [5.41, 5.74) is 6.37. The van der Waals surface area contributed by atoms with Gasteiger partial charge in [-0.05, 0) is 47.3 Å². The average molecular weight is 348 g/mol. The van der Waals surface area contributed by atoms with E-state index in [0.717, 1.165) is 23.7 Å². The highest BCUT2D eigenvalue weighted by Crippen LogP contribution is 2.32. The first-order valence-corrected chi connectivity index (χ1v) is 9.01. The van der Waals surface area contributed by atoms with Gasteiger partial charge in [-0.3, -0.25) is 0 Å². The summed E-state index contributed by atoms with van der Waals surface area (Å²) in [6, 6.07) is 5.38. The van der Waals surface area contributed by atoms with Gasteiger partial charge in [0.15, 0.2) is 0 Å². The number of rotatable bonds is 3. The number of nitrogen functional groups attached to an aromatic ring is 1. The molecule has 1 aliphatic carbocycles. The summed E-state index contributed by atoms with van der Waals surface area (Å²) in [4.78, 5) is 0. The van der Waals surface area contributed by atoms with E-state index in [1.165, 1.54) is 6.26 Å². The molecular weight excluding hydrogens is 330 g/mol. The molecule has 4 nitrogen and oxygen atoms in total. The van der Waals surface area contributed by atoms with Crippen LogP contribution in [0.5, 0.6) is 5.75 Å². The van der Waals surface area contributed by atoms with E-state index < -0.39 is 9.84 Å². The maximum absolute atomic E-state index is 11.6. The van der Waals surface area contributed by atoms with Gasteiger partial charge in [0, 0.05) is 24.4 Å². The molecule has 0 aliphatic heterocycles. The fourth-order valence-corrected chi connectivity index (χ4v) is 3.89. The SMILES string of the molecule is CS(=O)(=O)C1CCCC(Oc2cc(N)ccc2Br)C1. The third-order valence-electron chi connectivity index (χ3n) is 3.43. The van der Waals surface area contributed by atoms with Crippen molar-refractivity contribution in [3.05, 3.63) is 22.7 Å². The van der Waals surface area contributed by atoms with Crippen LogP contribution in [0.25, 0.3) is 0 Å². The number of ether oxygens (including phenoxy) is 1. The highest BCUT2D eigenvalue weighted by atomic mass is 79.9. The zero-order valence-electron chi connectivity index (χ0n) is 10.8. The zero-order valence-corrected chi connectivity index (χ0v) is 13.2. The molecular formula is C13H18BrNO3S. The van der Waals surface area contributed by atoms with Gasteiger partial charge in [0.25, 0.3) is 0 Å². The summed E-state index contributed by atoms with van der Waals surface area (Å²) in [6.07, 6.45) is 4.29. The molecule has 19 heavy (non-hydrogen) atoms. The minimum Gasteiger partial charge on any atom is -0.489 e. The first-order chi connectivity index (χ1) is 8.86. The molecule has 1 saturated carbocycles. The van der Waals surface area contributed by atoms with Crippen LogP contribution < -0.4 is 10.5 Å². The second kappa shape index (κ2) is 5.71. The van der Waals surface area contributed by atoms with Crippen molar-refractivity contribution < 1.29 is 13.2 Å². The van der Waals surface area contributed by atoms with E-state index in [1.54, 1.807) is 12.1 Å². The number of sulfone groups is 1. The van der Waals surface area contributed by atoms with Crippen molar-refractivity contribution in [2.75, 3.05) is 12.0 Å². The van der Waals surface area contributed by atoms with Gasteiger partial charge in [-0.25, -0.2) is 8.42 Å². The fraction of sp³-hybridized carbons (Fsp3) is 0.538. The first kappa shape index (κ1) is 14.7. The number of hydrogen-bond acceptors (Lipinski definition) is 4. The Morgan fingerprint density at radius 1 is 1.37 bits per heavy atom. The first-order valence-electron chi connectivity index (χ1n) is 6.27. The van der Waals surface area contributed by atoms with E-state index in [0.29, 0.717) is 17.9 Å². The second-order valence-electron chi connectivity index (χ2n) is 5.05. The van der Waals surface area contributed by atoms with E-state index >= 15 is 0 Å². The smallest absolute Gasteiger partial charge is 0.150 e. The van der Waals surface area contributed by atoms with Crippen molar-refractivity contribution in [3.8, 4) is 5.75 Å². The van der Waals surface area contributed by atoms with Crippen LogP contribution in [0, 0.1) is 0 Å². The Hall–Kier alpha value is -0.750. The lowest BCUT2D eigenvalue weighted by molar-refractivity contribution is 0.155. The minimum absolute atomic E-state index is 0.0634. The summed E-state index contributed by atoms with van der Waals surface area (Å²) in [7, 11) is -2.99.